The second-order valence-corrected chi connectivity index (χ2v) is 8.39. The maximum absolute atomic E-state index is 13.8. The Morgan fingerprint density at radius 2 is 1.44 bits per heavy atom. The van der Waals surface area contributed by atoms with Gasteiger partial charge in [0.2, 0.25) is 11.8 Å². The minimum Gasteiger partial charge on any atom is -0.497 e. The van der Waals surface area contributed by atoms with Gasteiger partial charge in [-0.1, -0.05) is 48.5 Å². The SMILES string of the molecule is COc1ccc(N2C(=O)[C@@H]3C4c5ccccc5C([N+](=O)[O-])(c5ccccc54)[C@H]3C2=O)cc1. The van der Waals surface area contributed by atoms with E-state index in [0.717, 1.165) is 16.0 Å². The van der Waals surface area contributed by atoms with Gasteiger partial charge in [0, 0.05) is 22.0 Å². The Balaban J connectivity index is 1.63. The third-order valence-corrected chi connectivity index (χ3v) is 7.19. The minimum atomic E-state index is -1.80. The van der Waals surface area contributed by atoms with Crippen molar-refractivity contribution in [2.45, 2.75) is 11.5 Å². The van der Waals surface area contributed by atoms with Gasteiger partial charge in [0.1, 0.15) is 11.7 Å². The molecule has 0 aromatic heterocycles. The Labute approximate surface area is 183 Å². The lowest BCUT2D eigenvalue weighted by molar-refractivity contribution is -0.578. The summed E-state index contributed by atoms with van der Waals surface area (Å²) < 4.78 is 5.18. The molecule has 32 heavy (non-hydrogen) atoms. The van der Waals surface area contributed by atoms with Gasteiger partial charge in [-0.3, -0.25) is 19.7 Å². The molecule has 7 heteroatoms. The lowest BCUT2D eigenvalue weighted by Crippen LogP contribution is -2.57. The van der Waals surface area contributed by atoms with Crippen LogP contribution in [0.5, 0.6) is 5.75 Å². The number of carbonyl (C=O) groups is 2. The second kappa shape index (κ2) is 6.26. The van der Waals surface area contributed by atoms with Gasteiger partial charge in [-0.15, -0.1) is 0 Å². The van der Waals surface area contributed by atoms with Crippen LogP contribution in [0.15, 0.2) is 72.8 Å². The lowest BCUT2D eigenvalue weighted by Gasteiger charge is -2.48. The fourth-order valence-electron chi connectivity index (χ4n) is 6.03. The summed E-state index contributed by atoms with van der Waals surface area (Å²) in [6.07, 6.45) is 0. The quantitative estimate of drug-likeness (QED) is 0.363. The number of benzene rings is 3. The topological polar surface area (TPSA) is 89.8 Å². The molecule has 3 aliphatic carbocycles. The van der Waals surface area contributed by atoms with E-state index >= 15 is 0 Å². The van der Waals surface area contributed by atoms with E-state index in [1.165, 1.54) is 7.11 Å². The van der Waals surface area contributed by atoms with E-state index in [-0.39, 0.29) is 4.92 Å². The van der Waals surface area contributed by atoms with Gasteiger partial charge in [-0.2, -0.15) is 0 Å². The summed E-state index contributed by atoms with van der Waals surface area (Å²) in [4.78, 5) is 41.2. The second-order valence-electron chi connectivity index (χ2n) is 8.39. The first-order valence-electron chi connectivity index (χ1n) is 10.4. The molecule has 0 N–H and O–H groups in total. The number of nitrogens with zero attached hydrogens (tertiary/aromatic N) is 2. The van der Waals surface area contributed by atoms with Crippen LogP contribution in [0.25, 0.3) is 0 Å². The zero-order valence-corrected chi connectivity index (χ0v) is 17.1. The number of anilines is 1. The van der Waals surface area contributed by atoms with Crippen LogP contribution in [0.1, 0.15) is 28.2 Å². The van der Waals surface area contributed by atoms with Gasteiger partial charge in [0.05, 0.1) is 18.7 Å². The van der Waals surface area contributed by atoms with E-state index in [0.29, 0.717) is 22.6 Å². The summed E-state index contributed by atoms with van der Waals surface area (Å²) in [5.41, 5.74) is 1.10. The van der Waals surface area contributed by atoms with Crippen LogP contribution in [-0.4, -0.2) is 23.8 Å². The average Bonchev–Trinajstić information content (AvgIpc) is 3.09. The van der Waals surface area contributed by atoms with Crippen molar-refractivity contribution in [3.63, 3.8) is 0 Å². The van der Waals surface area contributed by atoms with Crippen molar-refractivity contribution in [1.29, 1.82) is 0 Å². The number of ether oxygens (including phenoxy) is 1. The molecule has 0 unspecified atom stereocenters. The molecule has 0 radical (unpaired) electrons. The van der Waals surface area contributed by atoms with E-state index in [1.54, 1.807) is 48.5 Å². The van der Waals surface area contributed by atoms with Crippen molar-refractivity contribution in [2.24, 2.45) is 11.8 Å². The van der Waals surface area contributed by atoms with Crippen LogP contribution < -0.4 is 9.64 Å². The monoisotopic (exact) mass is 426 g/mol. The summed E-state index contributed by atoms with van der Waals surface area (Å²) in [7, 11) is 1.53. The molecule has 1 heterocycles. The Hall–Kier alpha value is -4.00. The molecule has 7 rings (SSSR count). The molecule has 2 bridgehead atoms. The smallest absolute Gasteiger partial charge is 0.285 e. The van der Waals surface area contributed by atoms with Gasteiger partial charge in [-0.25, -0.2) is 4.90 Å². The Kier molecular flexibility index (Phi) is 3.67. The number of carbonyl (C=O) groups excluding carboxylic acids is 2. The van der Waals surface area contributed by atoms with Crippen molar-refractivity contribution in [2.75, 3.05) is 12.0 Å². The predicted molar refractivity (Wildman–Crippen MR) is 115 cm³/mol. The first-order valence-corrected chi connectivity index (χ1v) is 10.4. The van der Waals surface area contributed by atoms with Gasteiger partial charge in [0.25, 0.3) is 5.54 Å². The molecule has 1 fully saturated rings. The molecule has 2 amide bonds. The highest BCUT2D eigenvalue weighted by Crippen LogP contribution is 2.64. The average molecular weight is 426 g/mol. The molecule has 1 saturated heterocycles. The molecular formula is C25H18N2O5. The van der Waals surface area contributed by atoms with Crippen LogP contribution >= 0.6 is 0 Å². The molecule has 4 aliphatic rings. The summed E-state index contributed by atoms with van der Waals surface area (Å²) in [5, 5.41) is 12.9. The lowest BCUT2D eigenvalue weighted by atomic mass is 9.51. The number of hydrogen-bond acceptors (Lipinski definition) is 5. The number of rotatable bonds is 3. The third-order valence-electron chi connectivity index (χ3n) is 7.19. The molecular weight excluding hydrogens is 408 g/mol. The van der Waals surface area contributed by atoms with Crippen molar-refractivity contribution >= 4 is 17.5 Å². The molecule has 3 aromatic rings. The first-order chi connectivity index (χ1) is 15.5. The Morgan fingerprint density at radius 1 is 0.875 bits per heavy atom. The van der Waals surface area contributed by atoms with E-state index in [1.807, 2.05) is 24.3 Å². The largest absolute Gasteiger partial charge is 0.497 e. The number of nitro groups is 1. The zero-order valence-electron chi connectivity index (χ0n) is 17.1. The molecule has 7 nitrogen and oxygen atoms in total. The molecule has 1 aliphatic heterocycles. The van der Waals surface area contributed by atoms with Gasteiger partial charge in [-0.05, 0) is 35.4 Å². The van der Waals surface area contributed by atoms with Crippen LogP contribution in [0.3, 0.4) is 0 Å². The standard InChI is InChI=1S/C25H18N2O5/c1-32-15-12-10-14(11-13-15)26-23(28)21-20-16-6-2-4-8-18(16)25(27(30)31,22(21)24(26)29)19-9-5-3-7-17(19)20/h2-13,20-22H,1H3/t20?,21-,22-,25?/m1/s1. The summed E-state index contributed by atoms with van der Waals surface area (Å²) in [5.74, 6) is -2.69. The van der Waals surface area contributed by atoms with Crippen molar-refractivity contribution in [1.82, 2.24) is 0 Å². The number of amides is 2. The van der Waals surface area contributed by atoms with E-state index < -0.39 is 35.1 Å². The van der Waals surface area contributed by atoms with Gasteiger partial charge >= 0.3 is 0 Å². The zero-order chi connectivity index (χ0) is 22.2. The van der Waals surface area contributed by atoms with Crippen LogP contribution in [0.2, 0.25) is 0 Å². The molecule has 0 spiro atoms. The normalized spacial score (nSPS) is 27.0. The fourth-order valence-corrected chi connectivity index (χ4v) is 6.03. The predicted octanol–water partition coefficient (Wildman–Crippen LogP) is 3.48. The highest BCUT2D eigenvalue weighted by Gasteiger charge is 2.74. The van der Waals surface area contributed by atoms with E-state index in [4.69, 9.17) is 4.74 Å². The van der Waals surface area contributed by atoms with Crippen LogP contribution in [0.4, 0.5) is 5.69 Å². The first kappa shape index (κ1) is 18.7. The molecule has 158 valence electrons. The van der Waals surface area contributed by atoms with Crippen molar-refractivity contribution in [3.8, 4) is 5.75 Å². The maximum atomic E-state index is 13.8. The number of methoxy groups -OCH3 is 1. The number of hydrogen-bond donors (Lipinski definition) is 0. The Bertz CT molecular complexity index is 1270. The molecule has 2 atom stereocenters. The number of imide groups is 1. The highest BCUT2D eigenvalue weighted by molar-refractivity contribution is 6.23. The minimum absolute atomic E-state index is 0.361. The van der Waals surface area contributed by atoms with Crippen LogP contribution in [0, 0.1) is 22.0 Å². The van der Waals surface area contributed by atoms with E-state index in [2.05, 4.69) is 0 Å². The third kappa shape index (κ3) is 2.01. The fraction of sp³-hybridized carbons (Fsp3) is 0.200. The molecule has 0 saturated carbocycles. The maximum Gasteiger partial charge on any atom is 0.285 e. The van der Waals surface area contributed by atoms with Crippen molar-refractivity contribution < 1.29 is 19.2 Å². The van der Waals surface area contributed by atoms with E-state index in [9.17, 15) is 19.7 Å². The highest BCUT2D eigenvalue weighted by atomic mass is 16.6. The summed E-state index contributed by atoms with van der Waals surface area (Å²) >= 11 is 0. The van der Waals surface area contributed by atoms with Crippen LogP contribution in [-0.2, 0) is 15.1 Å². The van der Waals surface area contributed by atoms with Crippen molar-refractivity contribution in [3.05, 3.63) is 105 Å². The summed E-state index contributed by atoms with van der Waals surface area (Å²) in [6.45, 7) is 0. The molecule has 3 aromatic carbocycles. The Morgan fingerprint density at radius 3 is 1.97 bits per heavy atom. The van der Waals surface area contributed by atoms with Gasteiger partial charge < -0.3 is 4.74 Å². The van der Waals surface area contributed by atoms with Gasteiger partial charge in [0.15, 0.2) is 0 Å². The summed E-state index contributed by atoms with van der Waals surface area (Å²) in [6, 6.07) is 20.9.